The normalized spacial score (nSPS) is 12.1. The number of aromatic nitrogens is 3. The third-order valence-electron chi connectivity index (χ3n) is 6.28. The molecule has 0 aliphatic carbocycles. The van der Waals surface area contributed by atoms with Crippen LogP contribution >= 0.6 is 23.2 Å². The molecule has 0 N–H and O–H groups in total. The standard InChI is InChI=1S/C28H25Cl2N3OSi/c1-28(2,3)35(20-12-6-4-7-13-20,21-14-8-5-9-15-21)34-25-19-33(24-17-11-10-16-22(24)25)26-23(29)18-31-27(30)32-26/h4-19H,1-3H3. The predicted molar refractivity (Wildman–Crippen MR) is 147 cm³/mol. The summed E-state index contributed by atoms with van der Waals surface area (Å²) in [7, 11) is -2.82. The van der Waals surface area contributed by atoms with Crippen molar-refractivity contribution >= 4 is 52.8 Å². The summed E-state index contributed by atoms with van der Waals surface area (Å²) < 4.78 is 9.25. The monoisotopic (exact) mass is 517 g/mol. The molecule has 5 aromatic rings. The SMILES string of the molecule is CC(C)(C)[Si](Oc1cn(-c2nc(Cl)ncc2Cl)c2ccccc12)(c1ccccc1)c1ccccc1. The largest absolute Gasteiger partial charge is 0.533 e. The van der Waals surface area contributed by atoms with Gasteiger partial charge in [-0.1, -0.05) is 105 Å². The van der Waals surface area contributed by atoms with Crippen LogP contribution in [0.4, 0.5) is 0 Å². The van der Waals surface area contributed by atoms with E-state index in [1.165, 1.54) is 16.6 Å². The molecule has 0 fully saturated rings. The van der Waals surface area contributed by atoms with Crippen LogP contribution in [0.5, 0.6) is 5.75 Å². The summed E-state index contributed by atoms with van der Waals surface area (Å²) >= 11 is 12.6. The molecule has 35 heavy (non-hydrogen) atoms. The van der Waals surface area contributed by atoms with Gasteiger partial charge in [0.05, 0.1) is 17.9 Å². The number of halogens is 2. The van der Waals surface area contributed by atoms with E-state index in [9.17, 15) is 0 Å². The third kappa shape index (κ3) is 4.14. The smallest absolute Gasteiger partial charge is 0.320 e. The summed E-state index contributed by atoms with van der Waals surface area (Å²) in [6.45, 7) is 6.79. The van der Waals surface area contributed by atoms with E-state index in [4.69, 9.17) is 27.6 Å². The molecule has 0 saturated heterocycles. The average Bonchev–Trinajstić information content (AvgIpc) is 3.22. The van der Waals surface area contributed by atoms with Crippen LogP contribution in [0.25, 0.3) is 16.7 Å². The zero-order chi connectivity index (χ0) is 24.6. The maximum Gasteiger partial charge on any atom is 0.320 e. The molecule has 0 atom stereocenters. The fraction of sp³-hybridized carbons (Fsp3) is 0.143. The summed E-state index contributed by atoms with van der Waals surface area (Å²) in [4.78, 5) is 8.42. The van der Waals surface area contributed by atoms with Crippen LogP contribution in [0.3, 0.4) is 0 Å². The lowest BCUT2D eigenvalue weighted by Gasteiger charge is -2.42. The van der Waals surface area contributed by atoms with Gasteiger partial charge >= 0.3 is 8.32 Å². The summed E-state index contributed by atoms with van der Waals surface area (Å²) in [5, 5.41) is 3.77. The lowest BCUT2D eigenvalue weighted by atomic mass is 10.2. The molecular formula is C28H25Cl2N3OSi. The van der Waals surface area contributed by atoms with E-state index < -0.39 is 8.32 Å². The van der Waals surface area contributed by atoms with Crippen LogP contribution in [0.15, 0.2) is 97.3 Å². The molecule has 2 heterocycles. The summed E-state index contributed by atoms with van der Waals surface area (Å²) in [6, 6.07) is 29.3. The van der Waals surface area contributed by atoms with Gasteiger partial charge in [-0.15, -0.1) is 0 Å². The Labute approximate surface area is 216 Å². The zero-order valence-corrected chi connectivity index (χ0v) is 22.3. The van der Waals surface area contributed by atoms with Crippen molar-refractivity contribution in [2.45, 2.75) is 25.8 Å². The highest BCUT2D eigenvalue weighted by Crippen LogP contribution is 2.40. The summed E-state index contributed by atoms with van der Waals surface area (Å²) in [5.74, 6) is 1.29. The van der Waals surface area contributed by atoms with Gasteiger partial charge in [0, 0.05) is 5.39 Å². The number of fused-ring (bicyclic) bond motifs is 1. The van der Waals surface area contributed by atoms with Crippen LogP contribution in [-0.4, -0.2) is 22.9 Å². The van der Waals surface area contributed by atoms with Crippen molar-refractivity contribution in [1.29, 1.82) is 0 Å². The molecular weight excluding hydrogens is 493 g/mol. The second-order valence-corrected chi connectivity index (χ2v) is 14.4. The molecule has 7 heteroatoms. The molecule has 2 aromatic heterocycles. The van der Waals surface area contributed by atoms with Gasteiger partial charge in [0.1, 0.15) is 10.8 Å². The van der Waals surface area contributed by atoms with Gasteiger partial charge in [-0.25, -0.2) is 4.98 Å². The quantitative estimate of drug-likeness (QED) is 0.193. The molecule has 5 rings (SSSR count). The first-order valence-corrected chi connectivity index (χ1v) is 14.1. The highest BCUT2D eigenvalue weighted by molar-refractivity contribution is 7.00. The molecule has 0 aliphatic rings. The highest BCUT2D eigenvalue weighted by Gasteiger charge is 2.52. The topological polar surface area (TPSA) is 39.9 Å². The predicted octanol–water partition coefficient (Wildman–Crippen LogP) is 6.67. The summed E-state index contributed by atoms with van der Waals surface area (Å²) in [5.41, 5.74) is 0.928. The Morgan fingerprint density at radius 3 is 1.97 bits per heavy atom. The van der Waals surface area contributed by atoms with Crippen molar-refractivity contribution in [3.63, 3.8) is 0 Å². The number of para-hydroxylation sites is 1. The first kappa shape index (κ1) is 23.6. The first-order valence-electron chi connectivity index (χ1n) is 11.4. The number of nitrogens with zero attached hydrogens (tertiary/aromatic N) is 3. The molecule has 0 aliphatic heterocycles. The van der Waals surface area contributed by atoms with E-state index in [-0.39, 0.29) is 10.3 Å². The molecule has 4 nitrogen and oxygen atoms in total. The Bertz CT molecular complexity index is 1440. The van der Waals surface area contributed by atoms with Crippen LogP contribution in [-0.2, 0) is 0 Å². The number of rotatable bonds is 5. The first-order chi connectivity index (χ1) is 16.8. The number of hydrogen-bond acceptors (Lipinski definition) is 3. The molecule has 176 valence electrons. The Kier molecular flexibility index (Phi) is 6.17. The molecule has 0 unspecified atom stereocenters. The second kappa shape index (κ2) is 9.15. The third-order valence-corrected chi connectivity index (χ3v) is 11.7. The van der Waals surface area contributed by atoms with Gasteiger partial charge in [0.15, 0.2) is 5.82 Å². The lowest BCUT2D eigenvalue weighted by molar-refractivity contribution is 0.512. The van der Waals surface area contributed by atoms with Crippen molar-refractivity contribution in [1.82, 2.24) is 14.5 Å². The van der Waals surface area contributed by atoms with E-state index in [2.05, 4.69) is 85.3 Å². The van der Waals surface area contributed by atoms with E-state index in [1.54, 1.807) is 0 Å². The van der Waals surface area contributed by atoms with Crippen LogP contribution in [0, 0.1) is 0 Å². The lowest BCUT2D eigenvalue weighted by Crippen LogP contribution is -2.68. The van der Waals surface area contributed by atoms with Crippen LogP contribution in [0.2, 0.25) is 15.3 Å². The highest BCUT2D eigenvalue weighted by atomic mass is 35.5. The molecule has 3 aromatic carbocycles. The molecule has 0 spiro atoms. The molecule has 0 radical (unpaired) electrons. The van der Waals surface area contributed by atoms with Crippen LogP contribution < -0.4 is 14.8 Å². The Hall–Kier alpha value is -3.12. The van der Waals surface area contributed by atoms with E-state index in [1.807, 2.05) is 41.1 Å². The Morgan fingerprint density at radius 2 is 1.37 bits per heavy atom. The fourth-order valence-corrected chi connectivity index (χ4v) is 9.46. The molecule has 0 bridgehead atoms. The minimum atomic E-state index is -2.82. The number of hydrogen-bond donors (Lipinski definition) is 0. The van der Waals surface area contributed by atoms with E-state index in [0.29, 0.717) is 10.8 Å². The van der Waals surface area contributed by atoms with Crippen molar-refractivity contribution in [3.8, 4) is 11.6 Å². The Morgan fingerprint density at radius 1 is 0.800 bits per heavy atom. The molecule has 0 saturated carbocycles. The minimum Gasteiger partial charge on any atom is -0.533 e. The zero-order valence-electron chi connectivity index (χ0n) is 19.7. The van der Waals surface area contributed by atoms with Crippen molar-refractivity contribution in [3.05, 3.63) is 108 Å². The summed E-state index contributed by atoms with van der Waals surface area (Å²) in [6.07, 6.45) is 3.48. The van der Waals surface area contributed by atoms with Crippen molar-refractivity contribution in [2.75, 3.05) is 0 Å². The van der Waals surface area contributed by atoms with E-state index in [0.717, 1.165) is 16.7 Å². The van der Waals surface area contributed by atoms with Crippen molar-refractivity contribution < 1.29 is 4.43 Å². The van der Waals surface area contributed by atoms with Gasteiger partial charge < -0.3 is 4.43 Å². The van der Waals surface area contributed by atoms with Crippen LogP contribution in [0.1, 0.15) is 20.8 Å². The maximum absolute atomic E-state index is 7.32. The van der Waals surface area contributed by atoms with Gasteiger partial charge in [-0.3, -0.25) is 4.57 Å². The maximum atomic E-state index is 7.32. The van der Waals surface area contributed by atoms with E-state index >= 15 is 0 Å². The second-order valence-electron chi connectivity index (χ2n) is 9.46. The van der Waals surface area contributed by atoms with Gasteiger partial charge in [0.25, 0.3) is 0 Å². The van der Waals surface area contributed by atoms with Crippen molar-refractivity contribution in [2.24, 2.45) is 0 Å². The minimum absolute atomic E-state index is 0.136. The van der Waals surface area contributed by atoms with Gasteiger partial charge in [0.2, 0.25) is 5.28 Å². The Balaban J connectivity index is 1.79. The fourth-order valence-electron chi connectivity index (χ4n) is 4.73. The van der Waals surface area contributed by atoms with Gasteiger partial charge in [-0.05, 0) is 39.1 Å². The number of benzene rings is 3. The average molecular weight is 519 g/mol. The molecule has 0 amide bonds. The van der Waals surface area contributed by atoms with Gasteiger partial charge in [-0.2, -0.15) is 4.98 Å².